The normalized spacial score (nSPS) is 12.3. The monoisotopic (exact) mass is 323 g/mol. The summed E-state index contributed by atoms with van der Waals surface area (Å²) in [6.45, 7) is 7.97. The average molecular weight is 323 g/mol. The van der Waals surface area contributed by atoms with E-state index in [9.17, 15) is 4.79 Å². The highest BCUT2D eigenvalue weighted by atomic mass is 16.1. The van der Waals surface area contributed by atoms with Gasteiger partial charge in [0.1, 0.15) is 5.82 Å². The number of anilines is 1. The Hall–Kier alpha value is -2.76. The third kappa shape index (κ3) is 2.99. The molecule has 24 heavy (non-hydrogen) atoms. The van der Waals surface area contributed by atoms with Crippen molar-refractivity contribution in [1.29, 1.82) is 0 Å². The molecule has 0 radical (unpaired) electrons. The Morgan fingerprint density at radius 3 is 2.75 bits per heavy atom. The molecule has 3 rings (SSSR count). The number of hydrogen-bond donors (Lipinski definition) is 1. The van der Waals surface area contributed by atoms with Crippen molar-refractivity contribution >= 4 is 22.8 Å². The number of nitrogens with zero attached hydrogens (tertiary/aromatic N) is 4. The number of nitrogens with one attached hydrogen (secondary N) is 1. The van der Waals surface area contributed by atoms with Crippen LogP contribution in [-0.2, 0) is 0 Å². The maximum atomic E-state index is 12.7. The lowest BCUT2D eigenvalue weighted by atomic mass is 10.1. The van der Waals surface area contributed by atoms with Gasteiger partial charge in [0.05, 0.1) is 23.2 Å². The number of amides is 1. The van der Waals surface area contributed by atoms with Gasteiger partial charge in [-0.15, -0.1) is 0 Å². The van der Waals surface area contributed by atoms with Gasteiger partial charge in [0.15, 0.2) is 5.65 Å². The van der Waals surface area contributed by atoms with Crippen LogP contribution < -0.4 is 5.32 Å². The van der Waals surface area contributed by atoms with E-state index < -0.39 is 0 Å². The van der Waals surface area contributed by atoms with Crippen LogP contribution in [0.2, 0.25) is 0 Å². The van der Waals surface area contributed by atoms with Gasteiger partial charge >= 0.3 is 0 Å². The molecule has 0 bridgehead atoms. The van der Waals surface area contributed by atoms with Gasteiger partial charge in [-0.25, -0.2) is 14.6 Å². The second kappa shape index (κ2) is 6.39. The Bertz CT molecular complexity index is 900. The molecule has 1 amide bonds. The number of hydrogen-bond acceptors (Lipinski definition) is 4. The first kappa shape index (κ1) is 16.1. The summed E-state index contributed by atoms with van der Waals surface area (Å²) in [5.41, 5.74) is 2.95. The van der Waals surface area contributed by atoms with Gasteiger partial charge in [0.25, 0.3) is 5.91 Å². The molecular formula is C18H21N5O. The molecule has 3 aromatic heterocycles. The van der Waals surface area contributed by atoms with Gasteiger partial charge in [0.2, 0.25) is 0 Å². The van der Waals surface area contributed by atoms with Crippen molar-refractivity contribution in [3.8, 4) is 0 Å². The van der Waals surface area contributed by atoms with E-state index in [-0.39, 0.29) is 11.9 Å². The Balaban J connectivity index is 2.02. The van der Waals surface area contributed by atoms with Crippen LogP contribution in [0.15, 0.2) is 30.5 Å². The standard InChI is InChI=1S/C18H21N5O/c1-5-13(4)23-17-15(10-19-23)14(9-12(3)21-17)18(24)22-16-8-6-7-11(2)20-16/h6-10,13H,5H2,1-4H3,(H,20,22,24). The van der Waals surface area contributed by atoms with Crippen LogP contribution >= 0.6 is 0 Å². The fourth-order valence-corrected chi connectivity index (χ4v) is 2.62. The highest BCUT2D eigenvalue weighted by Crippen LogP contribution is 2.23. The van der Waals surface area contributed by atoms with E-state index in [2.05, 4.69) is 34.2 Å². The molecule has 0 aliphatic carbocycles. The van der Waals surface area contributed by atoms with Crippen molar-refractivity contribution in [3.63, 3.8) is 0 Å². The predicted octanol–water partition coefficient (Wildman–Crippen LogP) is 3.67. The largest absolute Gasteiger partial charge is 0.307 e. The SMILES string of the molecule is CCC(C)n1ncc2c(C(=O)Nc3cccc(C)n3)cc(C)nc21. The van der Waals surface area contributed by atoms with E-state index in [1.807, 2.05) is 30.7 Å². The fraction of sp³-hybridized carbons (Fsp3) is 0.333. The minimum absolute atomic E-state index is 0.202. The molecule has 1 atom stereocenters. The van der Waals surface area contributed by atoms with E-state index in [4.69, 9.17) is 0 Å². The van der Waals surface area contributed by atoms with Crippen molar-refractivity contribution in [1.82, 2.24) is 19.7 Å². The minimum Gasteiger partial charge on any atom is -0.307 e. The third-order valence-corrected chi connectivity index (χ3v) is 4.08. The maximum absolute atomic E-state index is 12.7. The second-order valence-corrected chi connectivity index (χ2v) is 6.01. The Labute approximate surface area is 140 Å². The van der Waals surface area contributed by atoms with Crippen LogP contribution in [0.3, 0.4) is 0 Å². The first-order valence-corrected chi connectivity index (χ1v) is 8.09. The molecule has 0 saturated heterocycles. The van der Waals surface area contributed by atoms with E-state index in [0.717, 1.165) is 28.8 Å². The molecule has 0 saturated carbocycles. The summed E-state index contributed by atoms with van der Waals surface area (Å²) in [5, 5.41) is 8.04. The zero-order valence-electron chi connectivity index (χ0n) is 14.4. The number of aryl methyl sites for hydroxylation is 2. The predicted molar refractivity (Wildman–Crippen MR) is 94.2 cm³/mol. The van der Waals surface area contributed by atoms with Crippen LogP contribution in [0.4, 0.5) is 5.82 Å². The first-order valence-electron chi connectivity index (χ1n) is 8.09. The summed E-state index contributed by atoms with van der Waals surface area (Å²) < 4.78 is 1.88. The summed E-state index contributed by atoms with van der Waals surface area (Å²) in [4.78, 5) is 21.6. The molecule has 0 fully saturated rings. The topological polar surface area (TPSA) is 72.7 Å². The van der Waals surface area contributed by atoms with Crippen molar-refractivity contribution in [2.45, 2.75) is 40.2 Å². The van der Waals surface area contributed by atoms with Gasteiger partial charge in [-0.3, -0.25) is 4.79 Å². The smallest absolute Gasteiger partial charge is 0.257 e. The molecule has 0 spiro atoms. The molecule has 6 heteroatoms. The molecule has 0 aliphatic heterocycles. The van der Waals surface area contributed by atoms with Gasteiger partial charge in [-0.2, -0.15) is 5.10 Å². The van der Waals surface area contributed by atoms with Crippen molar-refractivity contribution in [2.24, 2.45) is 0 Å². The summed E-state index contributed by atoms with van der Waals surface area (Å²) >= 11 is 0. The number of rotatable bonds is 4. The maximum Gasteiger partial charge on any atom is 0.257 e. The minimum atomic E-state index is -0.202. The molecule has 3 aromatic rings. The zero-order valence-corrected chi connectivity index (χ0v) is 14.4. The quantitative estimate of drug-likeness (QED) is 0.795. The number of carbonyl (C=O) groups is 1. The molecular weight excluding hydrogens is 302 g/mol. The van der Waals surface area contributed by atoms with Crippen LogP contribution in [0.1, 0.15) is 48.1 Å². The fourth-order valence-electron chi connectivity index (χ4n) is 2.62. The lowest BCUT2D eigenvalue weighted by molar-refractivity contribution is 0.102. The van der Waals surface area contributed by atoms with E-state index >= 15 is 0 Å². The first-order chi connectivity index (χ1) is 11.5. The lowest BCUT2D eigenvalue weighted by Crippen LogP contribution is -2.14. The summed E-state index contributed by atoms with van der Waals surface area (Å²) in [6.07, 6.45) is 2.66. The highest BCUT2D eigenvalue weighted by Gasteiger charge is 2.18. The molecule has 0 aromatic carbocycles. The van der Waals surface area contributed by atoms with E-state index in [0.29, 0.717) is 11.4 Å². The molecule has 124 valence electrons. The highest BCUT2D eigenvalue weighted by molar-refractivity contribution is 6.11. The molecule has 0 aliphatic rings. The lowest BCUT2D eigenvalue weighted by Gasteiger charge is -2.11. The van der Waals surface area contributed by atoms with Crippen molar-refractivity contribution in [3.05, 3.63) is 47.4 Å². The van der Waals surface area contributed by atoms with Crippen LogP contribution in [0.5, 0.6) is 0 Å². The Morgan fingerprint density at radius 2 is 2.04 bits per heavy atom. The van der Waals surface area contributed by atoms with Gasteiger partial charge in [0, 0.05) is 11.4 Å². The molecule has 1 N–H and O–H groups in total. The van der Waals surface area contributed by atoms with Crippen molar-refractivity contribution < 1.29 is 4.79 Å². The number of fused-ring (bicyclic) bond motifs is 1. The van der Waals surface area contributed by atoms with E-state index in [1.165, 1.54) is 0 Å². The second-order valence-electron chi connectivity index (χ2n) is 6.01. The van der Waals surface area contributed by atoms with Gasteiger partial charge in [-0.1, -0.05) is 13.0 Å². The molecule has 1 unspecified atom stereocenters. The van der Waals surface area contributed by atoms with Crippen LogP contribution in [0.25, 0.3) is 11.0 Å². The zero-order chi connectivity index (χ0) is 17.3. The summed E-state index contributed by atoms with van der Waals surface area (Å²) in [6, 6.07) is 7.55. The number of pyridine rings is 2. The van der Waals surface area contributed by atoms with E-state index in [1.54, 1.807) is 18.3 Å². The number of carbonyl (C=O) groups excluding carboxylic acids is 1. The van der Waals surface area contributed by atoms with Gasteiger partial charge < -0.3 is 5.32 Å². The Morgan fingerprint density at radius 1 is 1.25 bits per heavy atom. The van der Waals surface area contributed by atoms with Crippen LogP contribution in [-0.4, -0.2) is 25.7 Å². The summed E-state index contributed by atoms with van der Waals surface area (Å²) in [7, 11) is 0. The van der Waals surface area contributed by atoms with Crippen molar-refractivity contribution in [2.75, 3.05) is 5.32 Å². The van der Waals surface area contributed by atoms with Gasteiger partial charge in [-0.05, 0) is 45.4 Å². The third-order valence-electron chi connectivity index (χ3n) is 4.08. The summed E-state index contributed by atoms with van der Waals surface area (Å²) in [5.74, 6) is 0.337. The molecule has 3 heterocycles. The number of aromatic nitrogens is 4. The average Bonchev–Trinajstić information content (AvgIpc) is 2.97. The Kier molecular flexibility index (Phi) is 4.29. The molecule has 6 nitrogen and oxygen atoms in total. The van der Waals surface area contributed by atoms with Crippen LogP contribution in [0, 0.1) is 13.8 Å².